The molecule has 2 heterocycles. The lowest BCUT2D eigenvalue weighted by atomic mass is 10.2. The van der Waals surface area contributed by atoms with Gasteiger partial charge < -0.3 is 9.63 Å². The van der Waals surface area contributed by atoms with E-state index in [1.165, 1.54) is 0 Å². The first-order valence-electron chi connectivity index (χ1n) is 6.94. The van der Waals surface area contributed by atoms with Gasteiger partial charge in [-0.25, -0.2) is 17.6 Å². The minimum atomic E-state index is -1.57. The number of hydrogen-bond donors (Lipinski definition) is 1. The van der Waals surface area contributed by atoms with Crippen LogP contribution in [-0.2, 0) is 6.54 Å². The molecule has 1 aliphatic heterocycles. The second-order valence-electron chi connectivity index (χ2n) is 5.36. The van der Waals surface area contributed by atoms with Crippen molar-refractivity contribution in [3.8, 4) is 11.4 Å². The van der Waals surface area contributed by atoms with Gasteiger partial charge in [-0.1, -0.05) is 5.16 Å². The summed E-state index contributed by atoms with van der Waals surface area (Å²) in [5.41, 5.74) is -0.0695. The van der Waals surface area contributed by atoms with Gasteiger partial charge in [0, 0.05) is 18.2 Å². The molecule has 23 heavy (non-hydrogen) atoms. The van der Waals surface area contributed by atoms with Crippen LogP contribution in [0.15, 0.2) is 16.7 Å². The average molecular weight is 331 g/mol. The molecule has 1 saturated heterocycles. The third-order valence-electron chi connectivity index (χ3n) is 3.74. The summed E-state index contributed by atoms with van der Waals surface area (Å²) in [6, 6.07) is 1.18. The van der Waals surface area contributed by atoms with Crippen LogP contribution in [0.5, 0.6) is 0 Å². The van der Waals surface area contributed by atoms with Crippen LogP contribution in [0.3, 0.4) is 0 Å². The van der Waals surface area contributed by atoms with E-state index < -0.39 is 23.6 Å². The van der Waals surface area contributed by atoms with E-state index in [0.29, 0.717) is 0 Å². The van der Waals surface area contributed by atoms with Crippen LogP contribution in [-0.4, -0.2) is 45.5 Å². The molecule has 1 aliphatic rings. The van der Waals surface area contributed by atoms with Gasteiger partial charge in [-0.2, -0.15) is 4.98 Å². The molecule has 9 heteroatoms. The molecule has 124 valence electrons. The largest absolute Gasteiger partial charge is 0.395 e. The molecule has 0 radical (unpaired) electrons. The van der Waals surface area contributed by atoms with E-state index in [9.17, 15) is 22.7 Å². The summed E-state index contributed by atoms with van der Waals surface area (Å²) in [7, 11) is 0. The minimum Gasteiger partial charge on any atom is -0.395 e. The molecule has 3 rings (SSSR count). The molecular formula is C14H13F4N3O2. The predicted molar refractivity (Wildman–Crippen MR) is 70.4 cm³/mol. The highest BCUT2D eigenvalue weighted by Gasteiger charge is 2.32. The smallest absolute Gasteiger partial charge is 0.241 e. The van der Waals surface area contributed by atoms with Crippen LogP contribution >= 0.6 is 0 Å². The highest BCUT2D eigenvalue weighted by molar-refractivity contribution is 5.54. The predicted octanol–water partition coefficient (Wildman–Crippen LogP) is 2.06. The van der Waals surface area contributed by atoms with Crippen molar-refractivity contribution >= 4 is 0 Å². The van der Waals surface area contributed by atoms with Crippen LogP contribution in [0.2, 0.25) is 0 Å². The molecule has 0 amide bonds. The van der Waals surface area contributed by atoms with Gasteiger partial charge in [0.05, 0.1) is 13.2 Å². The lowest BCUT2D eigenvalue weighted by molar-refractivity contribution is 0.140. The standard InChI is InChI=1S/C14H13F4N3O2/c15-8-3-9(6-22)21(4-8)5-12-19-14(20-23-12)7-1-10(16)13(18)11(17)2-7/h1-2,8-9,22H,3-6H2/t8-,9-/m0/s1. The number of aliphatic hydroxyl groups is 1. The summed E-state index contributed by atoms with van der Waals surface area (Å²) in [4.78, 5) is 5.62. The van der Waals surface area contributed by atoms with Crippen molar-refractivity contribution in [3.63, 3.8) is 0 Å². The fraction of sp³-hybridized carbons (Fsp3) is 0.429. The van der Waals surface area contributed by atoms with Gasteiger partial charge in [-0.15, -0.1) is 0 Å². The molecule has 2 atom stereocenters. The number of rotatable bonds is 4. The second-order valence-corrected chi connectivity index (χ2v) is 5.36. The number of alkyl halides is 1. The first-order chi connectivity index (χ1) is 11.0. The SMILES string of the molecule is OC[C@@H]1C[C@H](F)CN1Cc1nc(-c2cc(F)c(F)c(F)c2)no1. The molecule has 0 saturated carbocycles. The molecule has 5 nitrogen and oxygen atoms in total. The van der Waals surface area contributed by atoms with Crippen LogP contribution < -0.4 is 0 Å². The topological polar surface area (TPSA) is 62.4 Å². The Morgan fingerprint density at radius 2 is 1.96 bits per heavy atom. The molecule has 0 aliphatic carbocycles. The van der Waals surface area contributed by atoms with Gasteiger partial charge in [-0.3, -0.25) is 4.90 Å². The molecule has 0 spiro atoms. The Bertz CT molecular complexity index is 686. The maximum absolute atomic E-state index is 13.4. The van der Waals surface area contributed by atoms with E-state index in [1.54, 1.807) is 4.90 Å². The summed E-state index contributed by atoms with van der Waals surface area (Å²) in [5, 5.41) is 12.8. The van der Waals surface area contributed by atoms with Gasteiger partial charge in [0.1, 0.15) is 6.17 Å². The molecule has 0 bridgehead atoms. The number of benzene rings is 1. The second kappa shape index (κ2) is 6.25. The van der Waals surface area contributed by atoms with E-state index in [4.69, 9.17) is 4.52 Å². The van der Waals surface area contributed by atoms with Crippen molar-refractivity contribution in [1.82, 2.24) is 15.0 Å². The van der Waals surface area contributed by atoms with Gasteiger partial charge in [0.2, 0.25) is 11.7 Å². The highest BCUT2D eigenvalue weighted by atomic mass is 19.2. The Hall–Kier alpha value is -2.00. The van der Waals surface area contributed by atoms with Crippen LogP contribution in [0.4, 0.5) is 17.6 Å². The average Bonchev–Trinajstić information content (AvgIpc) is 3.11. The summed E-state index contributed by atoms with van der Waals surface area (Å²) in [6.07, 6.45) is -0.832. The number of aliphatic hydroxyl groups excluding tert-OH is 1. The van der Waals surface area contributed by atoms with Crippen molar-refractivity contribution in [2.75, 3.05) is 13.2 Å². The molecular weight excluding hydrogens is 318 g/mol. The molecule has 1 aromatic carbocycles. The van der Waals surface area contributed by atoms with Crippen molar-refractivity contribution in [2.24, 2.45) is 0 Å². The molecule has 1 aromatic heterocycles. The molecule has 1 N–H and O–H groups in total. The van der Waals surface area contributed by atoms with Crippen molar-refractivity contribution in [3.05, 3.63) is 35.5 Å². The summed E-state index contributed by atoms with van der Waals surface area (Å²) in [6.45, 7) is 0.0311. The van der Waals surface area contributed by atoms with Crippen LogP contribution in [0, 0.1) is 17.5 Å². The Labute approximate surface area is 128 Å². The first-order valence-corrected chi connectivity index (χ1v) is 6.94. The third-order valence-corrected chi connectivity index (χ3v) is 3.74. The minimum absolute atomic E-state index is 0.0695. The van der Waals surface area contributed by atoms with Gasteiger partial charge in [0.15, 0.2) is 17.5 Å². The number of nitrogens with zero attached hydrogens (tertiary/aromatic N) is 3. The van der Waals surface area contributed by atoms with Crippen LogP contribution in [0.1, 0.15) is 12.3 Å². The fourth-order valence-corrected chi connectivity index (χ4v) is 2.60. The van der Waals surface area contributed by atoms with E-state index in [0.717, 1.165) is 12.1 Å². The summed E-state index contributed by atoms with van der Waals surface area (Å²) >= 11 is 0. The maximum atomic E-state index is 13.4. The van der Waals surface area contributed by atoms with Crippen LogP contribution in [0.25, 0.3) is 11.4 Å². The lowest BCUT2D eigenvalue weighted by Gasteiger charge is -2.19. The fourth-order valence-electron chi connectivity index (χ4n) is 2.60. The quantitative estimate of drug-likeness (QED) is 0.686. The Morgan fingerprint density at radius 1 is 1.26 bits per heavy atom. The van der Waals surface area contributed by atoms with Crippen molar-refractivity contribution < 1.29 is 27.2 Å². The first kappa shape index (κ1) is 15.9. The molecule has 1 fully saturated rings. The van der Waals surface area contributed by atoms with Crippen molar-refractivity contribution in [1.29, 1.82) is 0 Å². The zero-order chi connectivity index (χ0) is 16.6. The summed E-state index contributed by atoms with van der Waals surface area (Å²) < 4.78 is 57.7. The third kappa shape index (κ3) is 3.20. The maximum Gasteiger partial charge on any atom is 0.241 e. The normalized spacial score (nSPS) is 22.0. The van der Waals surface area contributed by atoms with Crippen molar-refractivity contribution in [2.45, 2.75) is 25.2 Å². The van der Waals surface area contributed by atoms with E-state index in [1.807, 2.05) is 0 Å². The number of likely N-dealkylation sites (tertiary alicyclic amines) is 1. The van der Waals surface area contributed by atoms with Gasteiger partial charge in [-0.05, 0) is 18.6 Å². The Kier molecular flexibility index (Phi) is 4.31. The molecule has 2 aromatic rings. The molecule has 0 unspecified atom stereocenters. The lowest BCUT2D eigenvalue weighted by Crippen LogP contribution is -2.31. The monoisotopic (exact) mass is 331 g/mol. The van der Waals surface area contributed by atoms with E-state index in [-0.39, 0.29) is 49.4 Å². The highest BCUT2D eigenvalue weighted by Crippen LogP contribution is 2.24. The van der Waals surface area contributed by atoms with E-state index >= 15 is 0 Å². The zero-order valence-corrected chi connectivity index (χ0v) is 11.8. The number of aromatic nitrogens is 2. The zero-order valence-electron chi connectivity index (χ0n) is 11.8. The summed E-state index contributed by atoms with van der Waals surface area (Å²) in [5.74, 6) is -4.28. The van der Waals surface area contributed by atoms with E-state index in [2.05, 4.69) is 10.1 Å². The van der Waals surface area contributed by atoms with Gasteiger partial charge in [0.25, 0.3) is 0 Å². The number of halogens is 4. The Balaban J connectivity index is 1.78. The Morgan fingerprint density at radius 3 is 2.61 bits per heavy atom. The number of hydrogen-bond acceptors (Lipinski definition) is 5. The van der Waals surface area contributed by atoms with Gasteiger partial charge >= 0.3 is 0 Å².